The zero-order valence-electron chi connectivity index (χ0n) is 10.3. The molecule has 0 aliphatic heterocycles. The van der Waals surface area contributed by atoms with Crippen LogP contribution < -0.4 is 5.32 Å². The van der Waals surface area contributed by atoms with Crippen LogP contribution in [0, 0.1) is 11.3 Å². The van der Waals surface area contributed by atoms with Crippen molar-refractivity contribution in [3.05, 3.63) is 28.8 Å². The smallest absolute Gasteiger partial charge is 0.329 e. The summed E-state index contributed by atoms with van der Waals surface area (Å²) in [5.41, 5.74) is -0.237. The Hall–Kier alpha value is -1.73. The summed E-state index contributed by atoms with van der Waals surface area (Å²) in [6.07, 6.45) is 0.826. The zero-order valence-corrected chi connectivity index (χ0v) is 11.1. The van der Waals surface area contributed by atoms with E-state index in [4.69, 9.17) is 16.9 Å². The molecular formula is C13H15ClN2O2. The number of carboxylic acid groups (broad SMARTS) is 1. The first-order chi connectivity index (χ1) is 8.49. The predicted octanol–water partition coefficient (Wildman–Crippen LogP) is 3.27. The van der Waals surface area contributed by atoms with E-state index in [1.54, 1.807) is 32.0 Å². The van der Waals surface area contributed by atoms with Gasteiger partial charge in [-0.05, 0) is 31.0 Å². The highest BCUT2D eigenvalue weighted by Crippen LogP contribution is 2.27. The summed E-state index contributed by atoms with van der Waals surface area (Å²) < 4.78 is 0. The molecular weight excluding hydrogens is 252 g/mol. The largest absolute Gasteiger partial charge is 0.480 e. The molecule has 0 aliphatic rings. The number of halogens is 1. The summed E-state index contributed by atoms with van der Waals surface area (Å²) in [7, 11) is 0. The Kier molecular flexibility index (Phi) is 4.57. The minimum atomic E-state index is -1.07. The van der Waals surface area contributed by atoms with E-state index in [1.807, 2.05) is 6.07 Å². The number of hydrogen-bond donors (Lipinski definition) is 2. The molecule has 0 aromatic heterocycles. The van der Waals surface area contributed by atoms with E-state index in [0.717, 1.165) is 0 Å². The topological polar surface area (TPSA) is 73.1 Å². The van der Waals surface area contributed by atoms with Crippen LogP contribution in [0.25, 0.3) is 0 Å². The van der Waals surface area contributed by atoms with Crippen LogP contribution in [0.1, 0.15) is 32.3 Å². The van der Waals surface area contributed by atoms with Gasteiger partial charge >= 0.3 is 5.97 Å². The van der Waals surface area contributed by atoms with E-state index in [0.29, 0.717) is 29.1 Å². The summed E-state index contributed by atoms with van der Waals surface area (Å²) in [4.78, 5) is 11.4. The van der Waals surface area contributed by atoms with Gasteiger partial charge in [0.05, 0.1) is 11.3 Å². The number of carboxylic acids is 1. The van der Waals surface area contributed by atoms with Gasteiger partial charge in [-0.1, -0.05) is 25.4 Å². The summed E-state index contributed by atoms with van der Waals surface area (Å²) in [5, 5.41) is 21.8. The second-order valence-electron chi connectivity index (χ2n) is 4.02. The van der Waals surface area contributed by atoms with Crippen molar-refractivity contribution in [2.75, 3.05) is 5.32 Å². The predicted molar refractivity (Wildman–Crippen MR) is 70.7 cm³/mol. The maximum atomic E-state index is 11.4. The van der Waals surface area contributed by atoms with Gasteiger partial charge in [0.25, 0.3) is 0 Å². The third kappa shape index (κ3) is 2.74. The van der Waals surface area contributed by atoms with Gasteiger partial charge in [0, 0.05) is 5.02 Å². The lowest BCUT2D eigenvalue weighted by Gasteiger charge is -2.29. The second kappa shape index (κ2) is 5.74. The molecule has 0 heterocycles. The lowest BCUT2D eigenvalue weighted by Crippen LogP contribution is -2.45. The van der Waals surface area contributed by atoms with Gasteiger partial charge in [-0.2, -0.15) is 5.26 Å². The summed E-state index contributed by atoms with van der Waals surface area (Å²) in [6, 6.07) is 6.77. The zero-order chi connectivity index (χ0) is 13.8. The van der Waals surface area contributed by atoms with Crippen LogP contribution in [-0.2, 0) is 4.79 Å². The van der Waals surface area contributed by atoms with Crippen molar-refractivity contribution >= 4 is 23.3 Å². The Morgan fingerprint density at radius 1 is 1.50 bits per heavy atom. The molecule has 4 nitrogen and oxygen atoms in total. The summed E-state index contributed by atoms with van der Waals surface area (Å²) in [6.45, 7) is 3.59. The van der Waals surface area contributed by atoms with E-state index in [1.165, 1.54) is 0 Å². The van der Waals surface area contributed by atoms with Gasteiger partial charge in [0.2, 0.25) is 0 Å². The molecule has 0 saturated heterocycles. The lowest BCUT2D eigenvalue weighted by atomic mass is 9.92. The Morgan fingerprint density at radius 2 is 2.11 bits per heavy atom. The van der Waals surface area contributed by atoms with Crippen molar-refractivity contribution in [2.45, 2.75) is 32.2 Å². The summed E-state index contributed by atoms with van der Waals surface area (Å²) in [5.74, 6) is -0.934. The van der Waals surface area contributed by atoms with Crippen molar-refractivity contribution in [3.63, 3.8) is 0 Å². The first-order valence-corrected chi connectivity index (χ1v) is 6.08. The maximum absolute atomic E-state index is 11.4. The molecule has 0 fully saturated rings. The number of nitrogens with zero attached hydrogens (tertiary/aromatic N) is 1. The van der Waals surface area contributed by atoms with Crippen molar-refractivity contribution in [1.82, 2.24) is 0 Å². The van der Waals surface area contributed by atoms with E-state index < -0.39 is 11.5 Å². The number of anilines is 1. The van der Waals surface area contributed by atoms with Gasteiger partial charge in [-0.25, -0.2) is 4.79 Å². The molecule has 0 spiro atoms. The Morgan fingerprint density at radius 3 is 2.56 bits per heavy atom. The quantitative estimate of drug-likeness (QED) is 0.858. The van der Waals surface area contributed by atoms with Crippen molar-refractivity contribution in [1.29, 1.82) is 5.26 Å². The second-order valence-corrected chi connectivity index (χ2v) is 4.46. The third-order valence-corrected chi connectivity index (χ3v) is 3.33. The number of nitrogens with one attached hydrogen (secondary N) is 1. The standard InChI is InChI=1S/C13H15ClN2O2/c1-3-13(4-2,12(17)18)16-11-7-10(14)6-5-9(11)8-15/h5-7,16H,3-4H2,1-2H3,(H,17,18). The molecule has 1 rings (SSSR count). The van der Waals surface area contributed by atoms with E-state index in [-0.39, 0.29) is 0 Å². The molecule has 5 heteroatoms. The summed E-state index contributed by atoms with van der Waals surface area (Å²) >= 11 is 5.87. The molecule has 0 saturated carbocycles. The van der Waals surface area contributed by atoms with Crippen LogP contribution >= 0.6 is 11.6 Å². The minimum absolute atomic E-state index is 0.381. The monoisotopic (exact) mass is 266 g/mol. The number of nitriles is 1. The molecule has 96 valence electrons. The van der Waals surface area contributed by atoms with Gasteiger partial charge in [0.15, 0.2) is 0 Å². The number of rotatable bonds is 5. The average Bonchev–Trinajstić information content (AvgIpc) is 2.36. The van der Waals surface area contributed by atoms with Crippen LogP contribution in [-0.4, -0.2) is 16.6 Å². The highest BCUT2D eigenvalue weighted by atomic mass is 35.5. The normalized spacial score (nSPS) is 10.8. The number of aliphatic carboxylic acids is 1. The van der Waals surface area contributed by atoms with Crippen LogP contribution in [0.5, 0.6) is 0 Å². The van der Waals surface area contributed by atoms with Crippen LogP contribution in [0.4, 0.5) is 5.69 Å². The highest BCUT2D eigenvalue weighted by Gasteiger charge is 2.35. The fourth-order valence-electron chi connectivity index (χ4n) is 1.76. The van der Waals surface area contributed by atoms with Crippen LogP contribution in [0.15, 0.2) is 18.2 Å². The van der Waals surface area contributed by atoms with Gasteiger partial charge in [-0.15, -0.1) is 0 Å². The fraction of sp³-hybridized carbons (Fsp3) is 0.385. The van der Waals surface area contributed by atoms with Gasteiger partial charge < -0.3 is 10.4 Å². The minimum Gasteiger partial charge on any atom is -0.480 e. The molecule has 18 heavy (non-hydrogen) atoms. The maximum Gasteiger partial charge on any atom is 0.329 e. The Balaban J connectivity index is 3.20. The molecule has 0 amide bonds. The molecule has 0 radical (unpaired) electrons. The number of benzene rings is 1. The molecule has 1 aromatic rings. The van der Waals surface area contributed by atoms with Gasteiger partial charge in [-0.3, -0.25) is 0 Å². The van der Waals surface area contributed by atoms with E-state index >= 15 is 0 Å². The van der Waals surface area contributed by atoms with Crippen LogP contribution in [0.2, 0.25) is 5.02 Å². The highest BCUT2D eigenvalue weighted by molar-refractivity contribution is 6.30. The number of carbonyl (C=O) groups is 1. The molecule has 0 aliphatic carbocycles. The van der Waals surface area contributed by atoms with Crippen LogP contribution in [0.3, 0.4) is 0 Å². The van der Waals surface area contributed by atoms with E-state index in [2.05, 4.69) is 5.32 Å². The first kappa shape index (κ1) is 14.3. The molecule has 0 bridgehead atoms. The fourth-order valence-corrected chi connectivity index (χ4v) is 1.93. The SMILES string of the molecule is CCC(CC)(Nc1cc(Cl)ccc1C#N)C(=O)O. The molecule has 0 unspecified atom stereocenters. The Labute approximate surface area is 111 Å². The van der Waals surface area contributed by atoms with E-state index in [9.17, 15) is 9.90 Å². The van der Waals surface area contributed by atoms with Crippen molar-refractivity contribution < 1.29 is 9.90 Å². The first-order valence-electron chi connectivity index (χ1n) is 5.70. The lowest BCUT2D eigenvalue weighted by molar-refractivity contribution is -0.142. The van der Waals surface area contributed by atoms with Crippen molar-refractivity contribution in [3.8, 4) is 6.07 Å². The molecule has 2 N–H and O–H groups in total. The number of hydrogen-bond acceptors (Lipinski definition) is 3. The molecule has 1 aromatic carbocycles. The average molecular weight is 267 g/mol. The Bertz CT molecular complexity index is 490. The molecule has 0 atom stereocenters. The van der Waals surface area contributed by atoms with Crippen molar-refractivity contribution in [2.24, 2.45) is 0 Å². The van der Waals surface area contributed by atoms with Gasteiger partial charge in [0.1, 0.15) is 11.6 Å². The third-order valence-electron chi connectivity index (χ3n) is 3.09.